The predicted molar refractivity (Wildman–Crippen MR) is 124 cm³/mol. The maximum Gasteiger partial charge on any atom is 0.173 e. The summed E-state index contributed by atoms with van der Waals surface area (Å²) < 4.78 is 31.3. The summed E-state index contributed by atoms with van der Waals surface area (Å²) in [6, 6.07) is 11.8. The summed E-state index contributed by atoms with van der Waals surface area (Å²) in [6.07, 6.45) is 4.39. The molecule has 0 saturated carbocycles. The van der Waals surface area contributed by atoms with E-state index < -0.39 is 11.6 Å². The number of nitrogens with two attached hydrogens (primary N) is 1. The summed E-state index contributed by atoms with van der Waals surface area (Å²) >= 11 is 0. The first-order valence-electron chi connectivity index (χ1n) is 10.4. The Labute approximate surface area is 191 Å². The third-order valence-corrected chi connectivity index (χ3v) is 5.76. The van der Waals surface area contributed by atoms with Crippen molar-refractivity contribution in [1.29, 1.82) is 0 Å². The average Bonchev–Trinajstić information content (AvgIpc) is 3.48. The second-order valence-corrected chi connectivity index (χ2v) is 7.74. The number of aromatic nitrogens is 7. The molecule has 166 valence electrons. The van der Waals surface area contributed by atoms with Gasteiger partial charge in [-0.05, 0) is 42.8 Å². The van der Waals surface area contributed by atoms with Crippen LogP contribution in [0.5, 0.6) is 0 Å². The van der Waals surface area contributed by atoms with Gasteiger partial charge in [0.2, 0.25) is 0 Å². The number of imidazole rings is 1. The number of halogens is 2. The molecule has 34 heavy (non-hydrogen) atoms. The Morgan fingerprint density at radius 3 is 2.62 bits per heavy atom. The summed E-state index contributed by atoms with van der Waals surface area (Å²) in [5, 5.41) is 7.43. The molecular formula is C24H16F2N8. The predicted octanol–water partition coefficient (Wildman–Crippen LogP) is 4.59. The van der Waals surface area contributed by atoms with Crippen molar-refractivity contribution in [2.45, 2.75) is 6.92 Å². The SMILES string of the molecule is Cc1nc2c(-c3ncn[nH]3)cc(-c3ccnc(N)c3F)cc2n1-c1ccnc2c(F)cccc12. The zero-order valence-corrected chi connectivity index (χ0v) is 17.8. The van der Waals surface area contributed by atoms with Crippen LogP contribution in [0.1, 0.15) is 5.82 Å². The lowest BCUT2D eigenvalue weighted by Gasteiger charge is -2.13. The topological polar surface area (TPSA) is 111 Å². The summed E-state index contributed by atoms with van der Waals surface area (Å²) in [4.78, 5) is 17.1. The number of benzene rings is 2. The number of aromatic amines is 1. The van der Waals surface area contributed by atoms with Gasteiger partial charge in [-0.25, -0.2) is 23.7 Å². The molecule has 0 atom stereocenters. The number of pyridine rings is 2. The zero-order valence-electron chi connectivity index (χ0n) is 17.8. The minimum atomic E-state index is -0.621. The fourth-order valence-corrected chi connectivity index (χ4v) is 4.27. The standard InChI is InChI=1S/C24H16F2N8/c1-12-32-22-16(24-30-11-31-33-24)9-13(14-5-7-29-23(27)20(14)26)10-19(22)34(12)18-6-8-28-21-15(18)3-2-4-17(21)25/h2-11H,1H3,(H2,27,29)(H,30,31,33). The molecular weight excluding hydrogens is 438 g/mol. The molecule has 0 saturated heterocycles. The lowest BCUT2D eigenvalue weighted by Crippen LogP contribution is -2.00. The second-order valence-electron chi connectivity index (χ2n) is 7.74. The Morgan fingerprint density at radius 2 is 1.79 bits per heavy atom. The highest BCUT2D eigenvalue weighted by Gasteiger charge is 2.20. The number of nitrogens with zero attached hydrogens (tertiary/aromatic N) is 6. The Balaban J connectivity index is 1.73. The number of H-pyrrole nitrogens is 1. The van der Waals surface area contributed by atoms with Crippen molar-refractivity contribution >= 4 is 27.8 Å². The van der Waals surface area contributed by atoms with Crippen LogP contribution in [-0.2, 0) is 0 Å². The van der Waals surface area contributed by atoms with Crippen LogP contribution in [0.3, 0.4) is 0 Å². The quantitative estimate of drug-likeness (QED) is 0.405. The summed E-state index contributed by atoms with van der Waals surface area (Å²) in [7, 11) is 0. The zero-order chi connectivity index (χ0) is 23.4. The number of aryl methyl sites for hydroxylation is 1. The maximum atomic E-state index is 14.9. The molecule has 2 aromatic carbocycles. The van der Waals surface area contributed by atoms with E-state index in [9.17, 15) is 8.78 Å². The highest BCUT2D eigenvalue weighted by atomic mass is 19.1. The molecule has 10 heteroatoms. The second kappa shape index (κ2) is 7.41. The minimum absolute atomic E-state index is 0.195. The number of hydrogen-bond donors (Lipinski definition) is 2. The van der Waals surface area contributed by atoms with Crippen LogP contribution in [-0.4, -0.2) is 34.7 Å². The molecule has 3 N–H and O–H groups in total. The third-order valence-electron chi connectivity index (χ3n) is 5.76. The van der Waals surface area contributed by atoms with Crippen LogP contribution in [0.2, 0.25) is 0 Å². The number of anilines is 1. The fourth-order valence-electron chi connectivity index (χ4n) is 4.27. The van der Waals surface area contributed by atoms with Crippen molar-refractivity contribution in [3.05, 3.63) is 78.6 Å². The van der Waals surface area contributed by atoms with E-state index in [1.165, 1.54) is 18.6 Å². The van der Waals surface area contributed by atoms with Crippen LogP contribution in [0.25, 0.3) is 50.1 Å². The molecule has 4 aromatic heterocycles. The average molecular weight is 454 g/mol. The lowest BCUT2D eigenvalue weighted by atomic mass is 10.0. The largest absolute Gasteiger partial charge is 0.381 e. The minimum Gasteiger partial charge on any atom is -0.381 e. The van der Waals surface area contributed by atoms with Crippen LogP contribution < -0.4 is 5.73 Å². The normalized spacial score (nSPS) is 11.5. The monoisotopic (exact) mass is 454 g/mol. The highest BCUT2D eigenvalue weighted by Crippen LogP contribution is 2.36. The maximum absolute atomic E-state index is 14.9. The number of para-hydroxylation sites is 1. The van der Waals surface area contributed by atoms with Gasteiger partial charge in [-0.3, -0.25) is 14.6 Å². The highest BCUT2D eigenvalue weighted by molar-refractivity contribution is 5.98. The molecule has 0 bridgehead atoms. The lowest BCUT2D eigenvalue weighted by molar-refractivity contribution is 0.631. The molecule has 0 aliphatic carbocycles. The molecule has 0 unspecified atom stereocenters. The van der Waals surface area contributed by atoms with Gasteiger partial charge in [-0.2, -0.15) is 5.10 Å². The van der Waals surface area contributed by atoms with Crippen molar-refractivity contribution in [2.75, 3.05) is 5.73 Å². The van der Waals surface area contributed by atoms with Crippen LogP contribution in [0, 0.1) is 18.6 Å². The Kier molecular flexibility index (Phi) is 4.34. The van der Waals surface area contributed by atoms with Gasteiger partial charge in [0.1, 0.15) is 29.0 Å². The van der Waals surface area contributed by atoms with Crippen molar-refractivity contribution in [3.63, 3.8) is 0 Å². The van der Waals surface area contributed by atoms with Gasteiger partial charge >= 0.3 is 0 Å². The van der Waals surface area contributed by atoms with Crippen molar-refractivity contribution < 1.29 is 8.78 Å². The van der Waals surface area contributed by atoms with Crippen molar-refractivity contribution in [1.82, 2.24) is 34.7 Å². The first kappa shape index (κ1) is 19.9. The summed E-state index contributed by atoms with van der Waals surface area (Å²) in [5.41, 5.74) is 9.44. The van der Waals surface area contributed by atoms with Gasteiger partial charge in [-0.1, -0.05) is 12.1 Å². The van der Waals surface area contributed by atoms with E-state index in [4.69, 9.17) is 10.7 Å². The number of hydrogen-bond acceptors (Lipinski definition) is 6. The molecule has 6 rings (SSSR count). The van der Waals surface area contributed by atoms with Crippen LogP contribution in [0.4, 0.5) is 14.6 Å². The Morgan fingerprint density at radius 1 is 0.941 bits per heavy atom. The van der Waals surface area contributed by atoms with Gasteiger partial charge in [0.15, 0.2) is 17.5 Å². The van der Waals surface area contributed by atoms with Gasteiger partial charge in [0.25, 0.3) is 0 Å². The number of nitrogens with one attached hydrogen (secondary N) is 1. The molecule has 0 radical (unpaired) electrons. The number of nitrogen functional groups attached to an aromatic ring is 1. The van der Waals surface area contributed by atoms with E-state index in [-0.39, 0.29) is 16.9 Å². The number of rotatable bonds is 3. The van der Waals surface area contributed by atoms with Gasteiger partial charge in [0, 0.05) is 28.9 Å². The van der Waals surface area contributed by atoms with Crippen molar-refractivity contribution in [2.24, 2.45) is 0 Å². The summed E-state index contributed by atoms with van der Waals surface area (Å²) in [5.74, 6) is -0.105. The fraction of sp³-hybridized carbons (Fsp3) is 0.0417. The van der Waals surface area contributed by atoms with E-state index in [0.717, 1.165) is 0 Å². The van der Waals surface area contributed by atoms with Crippen molar-refractivity contribution in [3.8, 4) is 28.2 Å². The van der Waals surface area contributed by atoms with Gasteiger partial charge in [0.05, 0.1) is 11.2 Å². The molecule has 0 fully saturated rings. The Hall–Kier alpha value is -4.73. The van der Waals surface area contributed by atoms with E-state index in [1.54, 1.807) is 36.5 Å². The van der Waals surface area contributed by atoms with Crippen LogP contribution >= 0.6 is 0 Å². The molecule has 4 heterocycles. The van der Waals surface area contributed by atoms with E-state index >= 15 is 0 Å². The first-order valence-corrected chi connectivity index (χ1v) is 10.4. The molecule has 0 amide bonds. The van der Waals surface area contributed by atoms with Crippen LogP contribution in [0.15, 0.2) is 61.2 Å². The first-order chi connectivity index (χ1) is 16.5. The smallest absolute Gasteiger partial charge is 0.173 e. The van der Waals surface area contributed by atoms with E-state index in [0.29, 0.717) is 44.9 Å². The van der Waals surface area contributed by atoms with Gasteiger partial charge in [-0.15, -0.1) is 0 Å². The molecule has 8 nitrogen and oxygen atoms in total. The Bertz CT molecular complexity index is 1710. The third kappa shape index (κ3) is 2.92. The van der Waals surface area contributed by atoms with E-state index in [2.05, 4.69) is 25.1 Å². The number of fused-ring (bicyclic) bond motifs is 2. The molecule has 0 aliphatic rings. The molecule has 0 spiro atoms. The summed E-state index contributed by atoms with van der Waals surface area (Å²) in [6.45, 7) is 1.85. The molecule has 6 aromatic rings. The van der Waals surface area contributed by atoms with E-state index in [1.807, 2.05) is 17.6 Å². The van der Waals surface area contributed by atoms with Gasteiger partial charge < -0.3 is 5.73 Å². The molecule has 0 aliphatic heterocycles.